The Balaban J connectivity index is 1.27. The number of anilines is 3. The van der Waals surface area contributed by atoms with Gasteiger partial charge in [0.05, 0.1) is 24.9 Å². The number of aliphatic hydroxyl groups is 2. The first-order valence-electron chi connectivity index (χ1n) is 16.7. The lowest BCUT2D eigenvalue weighted by atomic mass is 9.82. The molecule has 0 aromatic heterocycles. The second-order valence-corrected chi connectivity index (χ2v) is 13.0. The lowest BCUT2D eigenvalue weighted by Crippen LogP contribution is -2.44. The molecule has 0 radical (unpaired) electrons. The molecule has 4 aliphatic heterocycles. The monoisotopic (exact) mass is 628 g/mol. The minimum atomic E-state index is -1.91. The van der Waals surface area contributed by atoms with Gasteiger partial charge < -0.3 is 29.8 Å². The molecule has 2 aromatic carbocycles. The maximum Gasteiger partial charge on any atom is 0.264 e. The van der Waals surface area contributed by atoms with Crippen LogP contribution in [0, 0.1) is 5.92 Å². The topological polar surface area (TPSA) is 122 Å². The minimum Gasteiger partial charge on any atom is -0.394 e. The van der Waals surface area contributed by atoms with Gasteiger partial charge in [0.25, 0.3) is 5.91 Å². The molecule has 0 unspecified atom stereocenters. The zero-order valence-electron chi connectivity index (χ0n) is 26.6. The Morgan fingerprint density at radius 1 is 0.913 bits per heavy atom. The summed E-state index contributed by atoms with van der Waals surface area (Å²) in [6, 6.07) is 12.9. The average molecular weight is 629 g/mol. The molecule has 4 heterocycles. The third kappa shape index (κ3) is 5.96. The third-order valence-electron chi connectivity index (χ3n) is 10.1. The number of hydrogen-bond donors (Lipinski definition) is 2. The van der Waals surface area contributed by atoms with E-state index in [9.17, 15) is 29.4 Å². The number of amides is 4. The predicted molar refractivity (Wildman–Crippen MR) is 175 cm³/mol. The summed E-state index contributed by atoms with van der Waals surface area (Å²) in [7, 11) is 0. The van der Waals surface area contributed by atoms with Gasteiger partial charge in [0.1, 0.15) is 0 Å². The molecule has 3 saturated heterocycles. The van der Waals surface area contributed by atoms with Crippen LogP contribution in [0.1, 0.15) is 75.8 Å². The van der Waals surface area contributed by atoms with E-state index in [0.29, 0.717) is 49.4 Å². The molecule has 0 bridgehead atoms. The van der Waals surface area contributed by atoms with Crippen molar-refractivity contribution in [3.05, 3.63) is 65.7 Å². The van der Waals surface area contributed by atoms with Gasteiger partial charge in [-0.05, 0) is 74.4 Å². The Morgan fingerprint density at radius 2 is 1.57 bits per heavy atom. The molecule has 2 aromatic rings. The number of aliphatic hydroxyl groups excluding tert-OH is 1. The number of nitrogens with zero attached hydrogens (tertiary/aromatic N) is 4. The van der Waals surface area contributed by atoms with E-state index in [1.54, 1.807) is 44.7 Å². The summed E-state index contributed by atoms with van der Waals surface area (Å²) in [6.45, 7) is 3.82. The number of likely N-dealkylation sites (tertiary alicyclic amines) is 1. The molecule has 3 fully saturated rings. The Hall–Kier alpha value is -4.02. The maximum absolute atomic E-state index is 14.2. The molecule has 0 saturated carbocycles. The van der Waals surface area contributed by atoms with E-state index in [2.05, 4.69) is 0 Å². The number of rotatable bonds is 9. The molecule has 10 heteroatoms. The highest BCUT2D eigenvalue weighted by atomic mass is 16.3. The molecule has 4 amide bonds. The second-order valence-electron chi connectivity index (χ2n) is 13.0. The van der Waals surface area contributed by atoms with Crippen molar-refractivity contribution in [3.8, 4) is 0 Å². The van der Waals surface area contributed by atoms with Crippen LogP contribution in [0.5, 0.6) is 0 Å². The van der Waals surface area contributed by atoms with Crippen LogP contribution in [0.4, 0.5) is 17.1 Å². The highest BCUT2D eigenvalue weighted by molar-refractivity contribution is 6.08. The van der Waals surface area contributed by atoms with Gasteiger partial charge in [-0.25, -0.2) is 0 Å². The molecular weight excluding hydrogens is 584 g/mol. The van der Waals surface area contributed by atoms with Crippen LogP contribution in [0.15, 0.2) is 54.6 Å². The highest BCUT2D eigenvalue weighted by Crippen LogP contribution is 2.47. The van der Waals surface area contributed by atoms with Crippen molar-refractivity contribution < 1.29 is 29.4 Å². The van der Waals surface area contributed by atoms with Gasteiger partial charge in [-0.2, -0.15) is 0 Å². The van der Waals surface area contributed by atoms with E-state index in [0.717, 1.165) is 49.8 Å². The van der Waals surface area contributed by atoms with E-state index in [1.165, 1.54) is 0 Å². The summed E-state index contributed by atoms with van der Waals surface area (Å²) in [6.07, 6.45) is 9.79. The molecule has 2 N–H and O–H groups in total. The fraction of sp³-hybridized carbons (Fsp3) is 0.500. The predicted octanol–water partition coefficient (Wildman–Crippen LogP) is 4.02. The van der Waals surface area contributed by atoms with Crippen LogP contribution in [-0.2, 0) is 31.3 Å². The normalized spacial score (nSPS) is 24.3. The Labute approximate surface area is 270 Å². The van der Waals surface area contributed by atoms with E-state index in [-0.39, 0.29) is 43.3 Å². The lowest BCUT2D eigenvalue weighted by Gasteiger charge is -2.30. The third-order valence-corrected chi connectivity index (χ3v) is 10.1. The van der Waals surface area contributed by atoms with Gasteiger partial charge in [-0.15, -0.1) is 0 Å². The fourth-order valence-corrected chi connectivity index (χ4v) is 7.36. The first-order chi connectivity index (χ1) is 22.2. The van der Waals surface area contributed by atoms with Gasteiger partial charge in [0.15, 0.2) is 5.60 Å². The number of carbonyl (C=O) groups is 4. The zero-order valence-corrected chi connectivity index (χ0v) is 26.6. The summed E-state index contributed by atoms with van der Waals surface area (Å²) >= 11 is 0. The summed E-state index contributed by atoms with van der Waals surface area (Å²) < 4.78 is 0. The number of piperidine rings is 2. The zero-order chi connectivity index (χ0) is 32.4. The SMILES string of the molecule is C[C@@H](/C=C/CC(=O)N1CCC[C@H]1CO)[C@]1(O)C(=O)N(Cc2ccc(N3CCCCC3=O)cc2)c2ccc(N3CCCCC3=O)cc21. The highest BCUT2D eigenvalue weighted by Gasteiger charge is 2.53. The number of benzene rings is 2. The summed E-state index contributed by atoms with van der Waals surface area (Å²) in [4.78, 5) is 59.1. The minimum absolute atomic E-state index is 0.0257. The van der Waals surface area contributed by atoms with Crippen LogP contribution < -0.4 is 14.7 Å². The Bertz CT molecular complexity index is 1520. The summed E-state index contributed by atoms with van der Waals surface area (Å²) in [5.41, 5.74) is 1.45. The average Bonchev–Trinajstić information content (AvgIpc) is 3.63. The first kappa shape index (κ1) is 31.9. The summed E-state index contributed by atoms with van der Waals surface area (Å²) in [5.74, 6) is -1.09. The van der Waals surface area contributed by atoms with Crippen molar-refractivity contribution in [1.29, 1.82) is 0 Å². The molecule has 46 heavy (non-hydrogen) atoms. The van der Waals surface area contributed by atoms with Crippen molar-refractivity contribution >= 4 is 40.7 Å². The Kier molecular flexibility index (Phi) is 9.29. The van der Waals surface area contributed by atoms with Crippen LogP contribution in [0.25, 0.3) is 0 Å². The molecule has 3 atom stereocenters. The number of fused-ring (bicyclic) bond motifs is 1. The fourth-order valence-electron chi connectivity index (χ4n) is 7.36. The standard InChI is InChI=1S/C36H44N4O6/c1-25(8-6-12-34(44)39-21-7-9-29(39)24-41)36(46)30-22-28(38-20-5-3-11-33(38)43)17-18-31(30)40(35(36)45)23-26-13-15-27(16-14-26)37-19-4-2-10-32(37)42/h6,8,13-18,22,25,29,41,46H,2-5,7,9-12,19-21,23-24H2,1H3/b8-6+/t25-,29-,36+/m0/s1. The van der Waals surface area contributed by atoms with Gasteiger partial charge in [0, 0.05) is 61.8 Å². The molecule has 0 spiro atoms. The number of hydrogen-bond acceptors (Lipinski definition) is 6. The van der Waals surface area contributed by atoms with Gasteiger partial charge in [-0.1, -0.05) is 31.2 Å². The van der Waals surface area contributed by atoms with E-state index < -0.39 is 17.4 Å². The quantitative estimate of drug-likeness (QED) is 0.405. The summed E-state index contributed by atoms with van der Waals surface area (Å²) in [5, 5.41) is 21.9. The van der Waals surface area contributed by atoms with Crippen molar-refractivity contribution in [2.75, 3.05) is 40.9 Å². The van der Waals surface area contributed by atoms with Crippen LogP contribution >= 0.6 is 0 Å². The first-order valence-corrected chi connectivity index (χ1v) is 16.7. The molecule has 4 aliphatic rings. The van der Waals surface area contributed by atoms with Crippen molar-refractivity contribution in [2.45, 2.75) is 82.9 Å². The van der Waals surface area contributed by atoms with Crippen molar-refractivity contribution in [2.24, 2.45) is 5.92 Å². The molecule has 6 rings (SSSR count). The van der Waals surface area contributed by atoms with Crippen LogP contribution in [0.2, 0.25) is 0 Å². The smallest absolute Gasteiger partial charge is 0.264 e. The number of carbonyl (C=O) groups excluding carboxylic acids is 4. The van der Waals surface area contributed by atoms with E-state index in [4.69, 9.17) is 0 Å². The lowest BCUT2D eigenvalue weighted by molar-refractivity contribution is -0.139. The van der Waals surface area contributed by atoms with E-state index >= 15 is 0 Å². The molecule has 244 valence electrons. The molecule has 0 aliphatic carbocycles. The Morgan fingerprint density at radius 3 is 2.22 bits per heavy atom. The van der Waals surface area contributed by atoms with E-state index in [1.807, 2.05) is 36.4 Å². The largest absolute Gasteiger partial charge is 0.394 e. The van der Waals surface area contributed by atoms with Gasteiger partial charge in [-0.3, -0.25) is 19.2 Å². The van der Waals surface area contributed by atoms with Crippen molar-refractivity contribution in [3.63, 3.8) is 0 Å². The van der Waals surface area contributed by atoms with Crippen LogP contribution in [-0.4, -0.2) is 71.0 Å². The van der Waals surface area contributed by atoms with Crippen molar-refractivity contribution in [1.82, 2.24) is 4.90 Å². The van der Waals surface area contributed by atoms with Crippen LogP contribution in [0.3, 0.4) is 0 Å². The van der Waals surface area contributed by atoms with Gasteiger partial charge >= 0.3 is 0 Å². The second kappa shape index (κ2) is 13.4. The maximum atomic E-state index is 14.2. The van der Waals surface area contributed by atoms with Gasteiger partial charge in [0.2, 0.25) is 17.7 Å². The molecular formula is C36H44N4O6. The molecule has 10 nitrogen and oxygen atoms in total.